The summed E-state index contributed by atoms with van der Waals surface area (Å²) in [5.41, 5.74) is 2.38. The molecule has 22 heavy (non-hydrogen) atoms. The Kier molecular flexibility index (Phi) is 4.21. The van der Waals surface area contributed by atoms with Gasteiger partial charge in [-0.2, -0.15) is 0 Å². The van der Waals surface area contributed by atoms with Crippen LogP contribution in [-0.2, 0) is 6.54 Å². The van der Waals surface area contributed by atoms with Crippen molar-refractivity contribution >= 4 is 0 Å². The van der Waals surface area contributed by atoms with Gasteiger partial charge in [-0.05, 0) is 50.8 Å². The quantitative estimate of drug-likeness (QED) is 0.863. The number of oxazole rings is 1. The minimum atomic E-state index is 0.541. The number of hydrogen-bond donors (Lipinski definition) is 0. The van der Waals surface area contributed by atoms with E-state index in [1.807, 2.05) is 26.0 Å². The van der Waals surface area contributed by atoms with Crippen LogP contribution in [-0.4, -0.2) is 29.6 Å². The van der Waals surface area contributed by atoms with Gasteiger partial charge >= 0.3 is 0 Å². The Bertz CT molecular complexity index is 614. The van der Waals surface area contributed by atoms with Crippen LogP contribution in [0, 0.1) is 13.8 Å². The molecule has 2 aromatic rings. The van der Waals surface area contributed by atoms with Crippen molar-refractivity contribution in [3.05, 3.63) is 47.2 Å². The fourth-order valence-electron chi connectivity index (χ4n) is 3.22. The van der Waals surface area contributed by atoms with Crippen molar-refractivity contribution < 1.29 is 9.15 Å². The molecule has 0 unspecified atom stereocenters. The van der Waals surface area contributed by atoms with Crippen molar-refractivity contribution in [2.45, 2.75) is 45.7 Å². The molecule has 0 saturated carbocycles. The van der Waals surface area contributed by atoms with Gasteiger partial charge in [-0.25, -0.2) is 4.98 Å². The average molecular weight is 300 g/mol. The summed E-state index contributed by atoms with van der Waals surface area (Å²) in [4.78, 5) is 6.96. The lowest BCUT2D eigenvalue weighted by molar-refractivity contribution is 0.231. The summed E-state index contributed by atoms with van der Waals surface area (Å²) in [6.45, 7) is 8.10. The van der Waals surface area contributed by atoms with Gasteiger partial charge in [0, 0.05) is 12.6 Å². The molecular formula is C18H24N2O2. The van der Waals surface area contributed by atoms with Crippen LogP contribution in [0.2, 0.25) is 0 Å². The van der Waals surface area contributed by atoms with E-state index in [0.717, 1.165) is 36.2 Å². The highest BCUT2D eigenvalue weighted by molar-refractivity contribution is 5.30. The van der Waals surface area contributed by atoms with Crippen molar-refractivity contribution in [3.63, 3.8) is 0 Å². The topological polar surface area (TPSA) is 38.5 Å². The first-order valence-corrected chi connectivity index (χ1v) is 7.87. The molecule has 1 aromatic carbocycles. The normalized spacial score (nSPS) is 22.2. The lowest BCUT2D eigenvalue weighted by Crippen LogP contribution is -2.26. The monoisotopic (exact) mass is 300 g/mol. The minimum Gasteiger partial charge on any atom is -0.497 e. The van der Waals surface area contributed by atoms with Crippen LogP contribution in [0.4, 0.5) is 0 Å². The molecule has 0 aliphatic carbocycles. The summed E-state index contributed by atoms with van der Waals surface area (Å²) >= 11 is 0. The molecule has 3 rings (SSSR count). The maximum Gasteiger partial charge on any atom is 0.208 e. The zero-order chi connectivity index (χ0) is 15.7. The third kappa shape index (κ3) is 3.02. The molecule has 0 spiro atoms. The van der Waals surface area contributed by atoms with Gasteiger partial charge in [0.25, 0.3) is 0 Å². The molecule has 0 amide bonds. The second kappa shape index (κ2) is 6.13. The standard InChI is InChI=1S/C18H24N2O2/c1-12-9-16(15-5-7-17(21-4)8-6-15)10-20(12)11-18-19-13(2)14(3)22-18/h5-8,12,16H,9-11H2,1-4H3/t12-,16+/m0/s1. The first-order chi connectivity index (χ1) is 10.6. The number of likely N-dealkylation sites (tertiary alicyclic amines) is 1. The van der Waals surface area contributed by atoms with Crippen LogP contribution in [0.1, 0.15) is 42.2 Å². The lowest BCUT2D eigenvalue weighted by Gasteiger charge is -2.18. The summed E-state index contributed by atoms with van der Waals surface area (Å²) in [5, 5.41) is 0. The van der Waals surface area contributed by atoms with Crippen molar-refractivity contribution in [2.75, 3.05) is 13.7 Å². The van der Waals surface area contributed by atoms with Crippen molar-refractivity contribution in [3.8, 4) is 5.75 Å². The highest BCUT2D eigenvalue weighted by Crippen LogP contribution is 2.33. The van der Waals surface area contributed by atoms with Gasteiger partial charge in [-0.1, -0.05) is 12.1 Å². The highest BCUT2D eigenvalue weighted by atomic mass is 16.5. The molecule has 1 fully saturated rings. The maximum absolute atomic E-state index is 5.73. The van der Waals surface area contributed by atoms with E-state index in [0.29, 0.717) is 12.0 Å². The molecule has 0 radical (unpaired) electrons. The zero-order valence-corrected chi connectivity index (χ0v) is 13.8. The lowest BCUT2D eigenvalue weighted by atomic mass is 9.97. The van der Waals surface area contributed by atoms with E-state index < -0.39 is 0 Å². The van der Waals surface area contributed by atoms with E-state index in [2.05, 4.69) is 28.9 Å². The van der Waals surface area contributed by atoms with E-state index >= 15 is 0 Å². The molecule has 4 nitrogen and oxygen atoms in total. The third-order valence-electron chi connectivity index (χ3n) is 4.70. The molecule has 2 heterocycles. The second-order valence-electron chi connectivity index (χ2n) is 6.23. The van der Waals surface area contributed by atoms with Gasteiger partial charge in [0.05, 0.1) is 19.3 Å². The van der Waals surface area contributed by atoms with Crippen LogP contribution in [0.3, 0.4) is 0 Å². The fourth-order valence-corrected chi connectivity index (χ4v) is 3.22. The van der Waals surface area contributed by atoms with Crippen molar-refractivity contribution in [1.29, 1.82) is 0 Å². The Hall–Kier alpha value is -1.81. The van der Waals surface area contributed by atoms with Gasteiger partial charge in [0.1, 0.15) is 11.5 Å². The Morgan fingerprint density at radius 1 is 1.27 bits per heavy atom. The number of hydrogen-bond acceptors (Lipinski definition) is 4. The second-order valence-corrected chi connectivity index (χ2v) is 6.23. The number of benzene rings is 1. The Morgan fingerprint density at radius 3 is 2.59 bits per heavy atom. The Balaban J connectivity index is 1.68. The first-order valence-electron chi connectivity index (χ1n) is 7.87. The average Bonchev–Trinajstić information content (AvgIpc) is 3.03. The highest BCUT2D eigenvalue weighted by Gasteiger charge is 2.30. The predicted molar refractivity (Wildman–Crippen MR) is 86.2 cm³/mol. The molecule has 118 valence electrons. The van der Waals surface area contributed by atoms with E-state index in [9.17, 15) is 0 Å². The molecule has 4 heteroatoms. The number of aryl methyl sites for hydroxylation is 2. The molecule has 1 aliphatic heterocycles. The van der Waals surface area contributed by atoms with Crippen LogP contribution in [0.5, 0.6) is 5.75 Å². The molecule has 0 N–H and O–H groups in total. The smallest absolute Gasteiger partial charge is 0.208 e. The molecular weight excluding hydrogens is 276 g/mol. The maximum atomic E-state index is 5.73. The zero-order valence-electron chi connectivity index (χ0n) is 13.8. The summed E-state index contributed by atoms with van der Waals surface area (Å²) in [7, 11) is 1.70. The van der Waals surface area contributed by atoms with Crippen LogP contribution in [0.25, 0.3) is 0 Å². The van der Waals surface area contributed by atoms with Gasteiger partial charge in [-0.15, -0.1) is 0 Å². The minimum absolute atomic E-state index is 0.541. The van der Waals surface area contributed by atoms with E-state index in [1.165, 1.54) is 12.0 Å². The molecule has 1 saturated heterocycles. The van der Waals surface area contributed by atoms with E-state index in [1.54, 1.807) is 7.11 Å². The molecule has 0 bridgehead atoms. The summed E-state index contributed by atoms with van der Waals surface area (Å²) in [5.74, 6) is 3.24. The predicted octanol–water partition coefficient (Wildman–Crippen LogP) is 3.68. The Labute approximate surface area is 132 Å². The van der Waals surface area contributed by atoms with Gasteiger partial charge in [-0.3, -0.25) is 4.90 Å². The number of aromatic nitrogens is 1. The van der Waals surface area contributed by atoms with Gasteiger partial charge in [0.15, 0.2) is 0 Å². The Morgan fingerprint density at radius 2 is 2.00 bits per heavy atom. The molecule has 1 aromatic heterocycles. The van der Waals surface area contributed by atoms with E-state index in [-0.39, 0.29) is 0 Å². The largest absolute Gasteiger partial charge is 0.497 e. The number of methoxy groups -OCH3 is 1. The molecule has 2 atom stereocenters. The number of nitrogens with zero attached hydrogens (tertiary/aromatic N) is 2. The molecule has 1 aliphatic rings. The van der Waals surface area contributed by atoms with Crippen LogP contribution < -0.4 is 4.74 Å². The van der Waals surface area contributed by atoms with Gasteiger partial charge < -0.3 is 9.15 Å². The third-order valence-corrected chi connectivity index (χ3v) is 4.70. The number of ether oxygens (including phenoxy) is 1. The summed E-state index contributed by atoms with van der Waals surface area (Å²) in [6, 6.07) is 8.99. The van der Waals surface area contributed by atoms with Gasteiger partial charge in [0.2, 0.25) is 5.89 Å². The van der Waals surface area contributed by atoms with Crippen LogP contribution in [0.15, 0.2) is 28.7 Å². The van der Waals surface area contributed by atoms with Crippen molar-refractivity contribution in [1.82, 2.24) is 9.88 Å². The first kappa shape index (κ1) is 15.1. The summed E-state index contributed by atoms with van der Waals surface area (Å²) in [6.07, 6.45) is 1.17. The fraction of sp³-hybridized carbons (Fsp3) is 0.500. The number of rotatable bonds is 4. The summed E-state index contributed by atoms with van der Waals surface area (Å²) < 4.78 is 11.0. The van der Waals surface area contributed by atoms with E-state index in [4.69, 9.17) is 9.15 Å². The SMILES string of the molecule is COc1ccc([C@@H]2C[C@H](C)N(Cc3nc(C)c(C)o3)C2)cc1. The van der Waals surface area contributed by atoms with Crippen molar-refractivity contribution in [2.24, 2.45) is 0 Å². The van der Waals surface area contributed by atoms with Crippen LogP contribution >= 0.6 is 0 Å².